The predicted octanol–water partition coefficient (Wildman–Crippen LogP) is 12.8. The molecule has 0 saturated carbocycles. The Labute approximate surface area is 298 Å². The lowest BCUT2D eigenvalue weighted by Crippen LogP contribution is -2.04. The van der Waals surface area contributed by atoms with Crippen LogP contribution in [0.1, 0.15) is 0 Å². The molecular weight excluding hydrogens is 635 g/mol. The first-order valence-corrected chi connectivity index (χ1v) is 17.8. The van der Waals surface area contributed by atoms with Crippen molar-refractivity contribution in [2.75, 3.05) is 0 Å². The highest BCUT2D eigenvalue weighted by atomic mass is 16.5. The predicted molar refractivity (Wildman–Crippen MR) is 215 cm³/mol. The number of nitrogens with zero attached hydrogens (tertiary/aromatic N) is 3. The van der Waals surface area contributed by atoms with E-state index in [9.17, 15) is 0 Å². The summed E-state index contributed by atoms with van der Waals surface area (Å²) in [5.74, 6) is 1.76. The van der Waals surface area contributed by atoms with Crippen molar-refractivity contribution >= 4 is 65.4 Å². The van der Waals surface area contributed by atoms with Gasteiger partial charge in [-0.1, -0.05) is 103 Å². The van der Waals surface area contributed by atoms with Crippen LogP contribution in [-0.4, -0.2) is 13.7 Å². The van der Waals surface area contributed by atoms with Crippen LogP contribution in [0.25, 0.3) is 93.6 Å². The van der Waals surface area contributed by atoms with Gasteiger partial charge in [0, 0.05) is 43.7 Å². The highest BCUT2D eigenvalue weighted by Gasteiger charge is 2.24. The van der Waals surface area contributed by atoms with Crippen LogP contribution in [0.15, 0.2) is 176 Å². The minimum atomic E-state index is 0.865. The maximum atomic E-state index is 6.58. The van der Waals surface area contributed by atoms with E-state index in [4.69, 9.17) is 4.74 Å². The molecule has 1 aliphatic heterocycles. The quantitative estimate of drug-likeness (QED) is 0.185. The summed E-state index contributed by atoms with van der Waals surface area (Å²) in [6, 6.07) is 63.5. The highest BCUT2D eigenvalue weighted by molar-refractivity contribution is 6.13. The van der Waals surface area contributed by atoms with Gasteiger partial charge in [0.25, 0.3) is 0 Å². The summed E-state index contributed by atoms with van der Waals surface area (Å²) in [6.07, 6.45) is 0. The fraction of sp³-hybridized carbons (Fsp3) is 0. The van der Waals surface area contributed by atoms with Crippen molar-refractivity contribution in [3.8, 4) is 39.7 Å². The summed E-state index contributed by atoms with van der Waals surface area (Å²) in [5.41, 5.74) is 12.8. The molecule has 0 spiro atoms. The number of hydrogen-bond acceptors (Lipinski definition) is 1. The van der Waals surface area contributed by atoms with E-state index < -0.39 is 0 Å². The molecule has 0 bridgehead atoms. The standard InChI is InChI=1S/C48H29N3O/c1-5-15-40-34(10-1)35-11-2-6-16-41(35)50(40)33-25-27-44-39(29-33)37-13-4-7-17-42(37)49(44)32-23-20-30(21-24-32)31-22-26-45-47(28-31)52-46-19-9-14-38-36-12-3-8-18-43(36)51(45)48(38)46/h1-29H. The molecule has 1 aliphatic rings. The normalized spacial score (nSPS) is 12.4. The van der Waals surface area contributed by atoms with Gasteiger partial charge in [-0.2, -0.15) is 0 Å². The van der Waals surface area contributed by atoms with Gasteiger partial charge in [-0.3, -0.25) is 0 Å². The molecule has 0 N–H and O–H groups in total. The number of aromatic nitrogens is 3. The van der Waals surface area contributed by atoms with Gasteiger partial charge in [0.15, 0.2) is 11.5 Å². The smallest absolute Gasteiger partial charge is 0.152 e. The number of fused-ring (bicyclic) bond motifs is 11. The summed E-state index contributed by atoms with van der Waals surface area (Å²) in [6.45, 7) is 0. The lowest BCUT2D eigenvalue weighted by Gasteiger charge is -2.21. The summed E-state index contributed by atoms with van der Waals surface area (Å²) < 4.78 is 13.7. The van der Waals surface area contributed by atoms with Crippen LogP contribution < -0.4 is 4.74 Å². The van der Waals surface area contributed by atoms with E-state index in [1.54, 1.807) is 0 Å². The van der Waals surface area contributed by atoms with E-state index in [2.05, 4.69) is 190 Å². The molecule has 0 amide bonds. The number of hydrogen-bond donors (Lipinski definition) is 0. The second-order valence-corrected chi connectivity index (χ2v) is 13.8. The molecule has 4 heteroatoms. The summed E-state index contributed by atoms with van der Waals surface area (Å²) in [5, 5.41) is 7.47. The van der Waals surface area contributed by atoms with Crippen molar-refractivity contribution in [3.63, 3.8) is 0 Å². The molecule has 12 rings (SSSR count). The summed E-state index contributed by atoms with van der Waals surface area (Å²) in [4.78, 5) is 0. The molecular formula is C48H29N3O. The SMILES string of the molecule is c1ccc2c(c1)c1ccccc1n2-c1ccc2c(c1)c1ccccc1n2-c1ccc(-c2ccc3c(c2)Oc2cccc4c5ccccc5n-3c24)cc1. The molecule has 3 aromatic heterocycles. The summed E-state index contributed by atoms with van der Waals surface area (Å²) in [7, 11) is 0. The Morgan fingerprint density at radius 1 is 0.308 bits per heavy atom. The molecule has 0 unspecified atom stereocenters. The Hall–Kier alpha value is -7.04. The molecule has 11 aromatic rings. The highest BCUT2D eigenvalue weighted by Crippen LogP contribution is 2.46. The Kier molecular flexibility index (Phi) is 5.47. The summed E-state index contributed by atoms with van der Waals surface area (Å²) >= 11 is 0. The monoisotopic (exact) mass is 663 g/mol. The first-order valence-electron chi connectivity index (χ1n) is 17.8. The fourth-order valence-electron chi connectivity index (χ4n) is 8.78. The average molecular weight is 664 g/mol. The minimum Gasteiger partial charge on any atom is -0.453 e. The van der Waals surface area contributed by atoms with Crippen LogP contribution in [0.3, 0.4) is 0 Å². The number of para-hydroxylation sites is 5. The van der Waals surface area contributed by atoms with Crippen LogP contribution in [0.2, 0.25) is 0 Å². The molecule has 0 radical (unpaired) electrons. The first kappa shape index (κ1) is 27.7. The topological polar surface area (TPSA) is 24.0 Å². The van der Waals surface area contributed by atoms with E-state index >= 15 is 0 Å². The van der Waals surface area contributed by atoms with Crippen molar-refractivity contribution in [2.24, 2.45) is 0 Å². The average Bonchev–Trinajstić information content (AvgIpc) is 3.85. The third-order valence-corrected chi connectivity index (χ3v) is 11.0. The Morgan fingerprint density at radius 3 is 1.48 bits per heavy atom. The van der Waals surface area contributed by atoms with Gasteiger partial charge in [0.2, 0.25) is 0 Å². The van der Waals surface area contributed by atoms with E-state index in [1.165, 1.54) is 59.9 Å². The molecule has 0 atom stereocenters. The Balaban J connectivity index is 0.970. The third kappa shape index (κ3) is 3.70. The van der Waals surface area contributed by atoms with Gasteiger partial charge < -0.3 is 18.4 Å². The Bertz CT molecular complexity index is 3210. The lowest BCUT2D eigenvalue weighted by molar-refractivity contribution is 0.476. The van der Waals surface area contributed by atoms with Gasteiger partial charge in [0.1, 0.15) is 0 Å². The maximum Gasteiger partial charge on any atom is 0.152 e. The number of benzene rings is 8. The molecule has 52 heavy (non-hydrogen) atoms. The molecule has 4 nitrogen and oxygen atoms in total. The molecule has 0 saturated heterocycles. The molecule has 8 aromatic carbocycles. The van der Waals surface area contributed by atoms with Gasteiger partial charge in [-0.05, 0) is 83.9 Å². The van der Waals surface area contributed by atoms with E-state index in [1.807, 2.05) is 0 Å². The third-order valence-electron chi connectivity index (χ3n) is 11.0. The van der Waals surface area contributed by atoms with E-state index in [0.717, 1.165) is 45.2 Å². The minimum absolute atomic E-state index is 0.865. The zero-order valence-electron chi connectivity index (χ0n) is 28.0. The zero-order chi connectivity index (χ0) is 33.9. The van der Waals surface area contributed by atoms with Gasteiger partial charge in [-0.25, -0.2) is 0 Å². The van der Waals surface area contributed by atoms with Crippen molar-refractivity contribution < 1.29 is 4.74 Å². The van der Waals surface area contributed by atoms with Crippen molar-refractivity contribution in [2.45, 2.75) is 0 Å². The van der Waals surface area contributed by atoms with Crippen LogP contribution >= 0.6 is 0 Å². The molecule has 0 aliphatic carbocycles. The molecule has 0 fully saturated rings. The van der Waals surface area contributed by atoms with Crippen LogP contribution in [0.5, 0.6) is 11.5 Å². The fourth-order valence-corrected chi connectivity index (χ4v) is 8.78. The van der Waals surface area contributed by atoms with Gasteiger partial charge >= 0.3 is 0 Å². The van der Waals surface area contributed by atoms with E-state index in [-0.39, 0.29) is 0 Å². The number of rotatable bonds is 3. The molecule has 4 heterocycles. The first-order chi connectivity index (χ1) is 25.8. The van der Waals surface area contributed by atoms with Crippen molar-refractivity contribution in [1.82, 2.24) is 13.7 Å². The number of ether oxygens (including phenoxy) is 1. The van der Waals surface area contributed by atoms with Gasteiger partial charge in [0.05, 0.1) is 38.8 Å². The van der Waals surface area contributed by atoms with Crippen LogP contribution in [0, 0.1) is 0 Å². The van der Waals surface area contributed by atoms with Gasteiger partial charge in [-0.15, -0.1) is 0 Å². The van der Waals surface area contributed by atoms with Crippen molar-refractivity contribution in [3.05, 3.63) is 176 Å². The largest absolute Gasteiger partial charge is 0.453 e. The van der Waals surface area contributed by atoms with Crippen LogP contribution in [-0.2, 0) is 0 Å². The molecule has 242 valence electrons. The second-order valence-electron chi connectivity index (χ2n) is 13.8. The van der Waals surface area contributed by atoms with Crippen LogP contribution in [0.4, 0.5) is 0 Å². The maximum absolute atomic E-state index is 6.58. The zero-order valence-corrected chi connectivity index (χ0v) is 28.0. The lowest BCUT2D eigenvalue weighted by atomic mass is 10.0. The second kappa shape index (κ2) is 10.3. The van der Waals surface area contributed by atoms with E-state index in [0.29, 0.717) is 0 Å². The van der Waals surface area contributed by atoms with Crippen molar-refractivity contribution in [1.29, 1.82) is 0 Å². The Morgan fingerprint density at radius 2 is 0.808 bits per heavy atom.